The number of rotatable bonds is 4. The zero-order valence-corrected chi connectivity index (χ0v) is 11.7. The minimum absolute atomic E-state index is 0.00904. The second-order valence-electron chi connectivity index (χ2n) is 4.05. The molecule has 2 aromatic rings. The van der Waals surface area contributed by atoms with Crippen molar-refractivity contribution < 1.29 is 22.3 Å². The van der Waals surface area contributed by atoms with Gasteiger partial charge < -0.3 is 4.74 Å². The first-order valence-electron chi connectivity index (χ1n) is 5.62. The third kappa shape index (κ3) is 3.30. The highest BCUT2D eigenvalue weighted by Crippen LogP contribution is 2.25. The SMILES string of the molecule is Fc1ccc(COc2c(F)cc(CBr)cc2F)c(F)c1. The van der Waals surface area contributed by atoms with E-state index in [9.17, 15) is 17.6 Å². The van der Waals surface area contributed by atoms with Crippen LogP contribution in [0.4, 0.5) is 17.6 Å². The Morgan fingerprint density at radius 1 is 0.900 bits per heavy atom. The summed E-state index contributed by atoms with van der Waals surface area (Å²) >= 11 is 3.08. The Bertz CT molecular complexity index is 608. The lowest BCUT2D eigenvalue weighted by Crippen LogP contribution is -2.03. The molecular formula is C14H9BrF4O. The van der Waals surface area contributed by atoms with Crippen molar-refractivity contribution in [1.82, 2.24) is 0 Å². The maximum atomic E-state index is 13.6. The van der Waals surface area contributed by atoms with Gasteiger partial charge in [-0.05, 0) is 29.8 Å². The molecule has 0 saturated heterocycles. The van der Waals surface area contributed by atoms with Crippen LogP contribution in [0.2, 0.25) is 0 Å². The van der Waals surface area contributed by atoms with Crippen LogP contribution in [0.15, 0.2) is 30.3 Å². The molecule has 0 aliphatic rings. The van der Waals surface area contributed by atoms with E-state index in [0.29, 0.717) is 17.0 Å². The number of hydrogen-bond donors (Lipinski definition) is 0. The summed E-state index contributed by atoms with van der Waals surface area (Å²) in [5.74, 6) is -3.89. The summed E-state index contributed by atoms with van der Waals surface area (Å²) in [6, 6.07) is 5.12. The van der Waals surface area contributed by atoms with Gasteiger partial charge in [-0.15, -0.1) is 0 Å². The van der Waals surface area contributed by atoms with Gasteiger partial charge in [-0.2, -0.15) is 0 Å². The number of hydrogen-bond acceptors (Lipinski definition) is 1. The highest BCUT2D eigenvalue weighted by Gasteiger charge is 2.13. The van der Waals surface area contributed by atoms with Crippen LogP contribution in [0.1, 0.15) is 11.1 Å². The van der Waals surface area contributed by atoms with E-state index in [4.69, 9.17) is 4.74 Å². The predicted molar refractivity (Wildman–Crippen MR) is 69.7 cm³/mol. The van der Waals surface area contributed by atoms with Gasteiger partial charge in [0.1, 0.15) is 18.2 Å². The molecule has 0 spiro atoms. The number of alkyl halides is 1. The molecule has 0 unspecified atom stereocenters. The minimum Gasteiger partial charge on any atom is -0.483 e. The maximum absolute atomic E-state index is 13.6. The van der Waals surface area contributed by atoms with E-state index in [2.05, 4.69) is 15.9 Å². The second kappa shape index (κ2) is 6.26. The van der Waals surface area contributed by atoms with Crippen molar-refractivity contribution in [2.45, 2.75) is 11.9 Å². The van der Waals surface area contributed by atoms with Crippen LogP contribution in [0.5, 0.6) is 5.75 Å². The van der Waals surface area contributed by atoms with Crippen LogP contribution >= 0.6 is 15.9 Å². The molecule has 6 heteroatoms. The van der Waals surface area contributed by atoms with Crippen LogP contribution in [-0.2, 0) is 11.9 Å². The fraction of sp³-hybridized carbons (Fsp3) is 0.143. The molecule has 0 fully saturated rings. The molecule has 0 radical (unpaired) electrons. The van der Waals surface area contributed by atoms with E-state index in [1.165, 1.54) is 0 Å². The third-order valence-corrected chi connectivity index (χ3v) is 3.25. The lowest BCUT2D eigenvalue weighted by molar-refractivity contribution is 0.269. The van der Waals surface area contributed by atoms with E-state index in [1.807, 2.05) is 0 Å². The Kier molecular flexibility index (Phi) is 4.65. The van der Waals surface area contributed by atoms with E-state index in [-0.39, 0.29) is 5.56 Å². The Morgan fingerprint density at radius 3 is 2.10 bits per heavy atom. The van der Waals surface area contributed by atoms with Crippen molar-refractivity contribution in [1.29, 1.82) is 0 Å². The molecule has 0 heterocycles. The molecule has 20 heavy (non-hydrogen) atoms. The first kappa shape index (κ1) is 14.8. The van der Waals surface area contributed by atoms with E-state index < -0.39 is 35.6 Å². The summed E-state index contributed by atoms with van der Waals surface area (Å²) in [4.78, 5) is 0. The summed E-state index contributed by atoms with van der Waals surface area (Å²) in [5.41, 5.74) is 0.426. The van der Waals surface area contributed by atoms with Crippen LogP contribution in [-0.4, -0.2) is 0 Å². The number of ether oxygens (including phenoxy) is 1. The Balaban J connectivity index is 2.19. The van der Waals surface area contributed by atoms with Crippen molar-refractivity contribution in [3.63, 3.8) is 0 Å². The van der Waals surface area contributed by atoms with Crippen molar-refractivity contribution in [3.8, 4) is 5.75 Å². The van der Waals surface area contributed by atoms with Gasteiger partial charge in [0.25, 0.3) is 0 Å². The van der Waals surface area contributed by atoms with Gasteiger partial charge in [-0.1, -0.05) is 15.9 Å². The molecule has 0 aliphatic carbocycles. The van der Waals surface area contributed by atoms with E-state index in [0.717, 1.165) is 24.3 Å². The molecule has 2 aromatic carbocycles. The first-order chi connectivity index (χ1) is 9.51. The van der Waals surface area contributed by atoms with Gasteiger partial charge in [-0.3, -0.25) is 0 Å². The standard InChI is InChI=1S/C14H9BrF4O/c15-6-8-3-12(18)14(13(19)4-8)20-7-9-1-2-10(16)5-11(9)17/h1-5H,6-7H2. The third-order valence-electron chi connectivity index (χ3n) is 2.60. The largest absolute Gasteiger partial charge is 0.483 e. The average Bonchev–Trinajstić information content (AvgIpc) is 2.39. The normalized spacial score (nSPS) is 10.7. The lowest BCUT2D eigenvalue weighted by Gasteiger charge is -2.10. The van der Waals surface area contributed by atoms with Gasteiger partial charge >= 0.3 is 0 Å². The highest BCUT2D eigenvalue weighted by molar-refractivity contribution is 9.08. The fourth-order valence-corrected chi connectivity index (χ4v) is 1.94. The predicted octanol–water partition coefficient (Wildman–Crippen LogP) is 4.72. The monoisotopic (exact) mass is 348 g/mol. The van der Waals surface area contributed by atoms with Crippen LogP contribution < -0.4 is 4.74 Å². The molecule has 0 aliphatic heterocycles. The summed E-state index contributed by atoms with van der Waals surface area (Å²) in [6.45, 7) is -0.395. The molecule has 1 nitrogen and oxygen atoms in total. The molecule has 0 atom stereocenters. The molecule has 2 rings (SSSR count). The smallest absolute Gasteiger partial charge is 0.191 e. The summed E-state index contributed by atoms with van der Waals surface area (Å²) < 4.78 is 58.3. The molecule has 0 N–H and O–H groups in total. The lowest BCUT2D eigenvalue weighted by atomic mass is 10.2. The van der Waals surface area contributed by atoms with Crippen LogP contribution in [0.25, 0.3) is 0 Å². The van der Waals surface area contributed by atoms with Crippen molar-refractivity contribution in [2.24, 2.45) is 0 Å². The zero-order chi connectivity index (χ0) is 14.7. The maximum Gasteiger partial charge on any atom is 0.191 e. The molecule has 0 amide bonds. The fourth-order valence-electron chi connectivity index (χ4n) is 1.62. The minimum atomic E-state index is -0.873. The molecule has 0 aromatic heterocycles. The zero-order valence-electron chi connectivity index (χ0n) is 10.1. The Morgan fingerprint density at radius 2 is 1.55 bits per heavy atom. The summed E-state index contributed by atoms with van der Waals surface area (Å²) in [5, 5.41) is 0.299. The van der Waals surface area contributed by atoms with Crippen LogP contribution in [0.3, 0.4) is 0 Å². The van der Waals surface area contributed by atoms with Gasteiger partial charge in [0.05, 0.1) is 0 Å². The van der Waals surface area contributed by atoms with Gasteiger partial charge in [0.15, 0.2) is 17.4 Å². The van der Waals surface area contributed by atoms with Crippen molar-refractivity contribution in [3.05, 3.63) is 64.7 Å². The molecule has 0 bridgehead atoms. The summed E-state index contributed by atoms with van der Waals surface area (Å²) in [6.07, 6.45) is 0. The van der Waals surface area contributed by atoms with Crippen LogP contribution in [0, 0.1) is 23.3 Å². The molecule has 0 saturated carbocycles. The summed E-state index contributed by atoms with van der Waals surface area (Å²) in [7, 11) is 0. The number of benzene rings is 2. The quantitative estimate of drug-likeness (QED) is 0.574. The topological polar surface area (TPSA) is 9.23 Å². The highest BCUT2D eigenvalue weighted by atomic mass is 79.9. The molecular weight excluding hydrogens is 340 g/mol. The van der Waals surface area contributed by atoms with Crippen molar-refractivity contribution in [2.75, 3.05) is 0 Å². The van der Waals surface area contributed by atoms with Gasteiger partial charge in [-0.25, -0.2) is 17.6 Å². The molecule has 106 valence electrons. The van der Waals surface area contributed by atoms with E-state index in [1.54, 1.807) is 0 Å². The van der Waals surface area contributed by atoms with E-state index >= 15 is 0 Å². The Labute approximate surface area is 121 Å². The second-order valence-corrected chi connectivity index (χ2v) is 4.61. The Hall–Kier alpha value is -1.56. The first-order valence-corrected chi connectivity index (χ1v) is 6.74. The average molecular weight is 349 g/mol. The number of halogens is 5. The van der Waals surface area contributed by atoms with Gasteiger partial charge in [0, 0.05) is 17.0 Å². The van der Waals surface area contributed by atoms with Crippen molar-refractivity contribution >= 4 is 15.9 Å². The van der Waals surface area contributed by atoms with Gasteiger partial charge in [0.2, 0.25) is 0 Å².